The summed E-state index contributed by atoms with van der Waals surface area (Å²) in [6, 6.07) is -0.144. The van der Waals surface area contributed by atoms with Crippen LogP contribution < -0.4 is 21.5 Å². The van der Waals surface area contributed by atoms with Crippen molar-refractivity contribution >= 4 is 23.2 Å². The van der Waals surface area contributed by atoms with Crippen LogP contribution in [0.3, 0.4) is 0 Å². The SMILES string of the molecule is CC#CCn1c(=O)c2c(nc(N3CCC[C@@H](NC(=O)OC(C)(C)C)C3)n2CC#CC)n(C)c1=O. The summed E-state index contributed by atoms with van der Waals surface area (Å²) < 4.78 is 9.63. The number of amides is 1. The fourth-order valence-electron chi connectivity index (χ4n) is 3.96. The van der Waals surface area contributed by atoms with E-state index in [1.54, 1.807) is 25.5 Å². The van der Waals surface area contributed by atoms with E-state index >= 15 is 0 Å². The van der Waals surface area contributed by atoms with Crippen molar-refractivity contribution < 1.29 is 9.53 Å². The summed E-state index contributed by atoms with van der Waals surface area (Å²) >= 11 is 0. The Morgan fingerprint density at radius 1 is 1.15 bits per heavy atom. The maximum absolute atomic E-state index is 13.3. The monoisotopic (exact) mass is 468 g/mol. The fourth-order valence-corrected chi connectivity index (χ4v) is 3.96. The van der Waals surface area contributed by atoms with Gasteiger partial charge in [0.1, 0.15) is 5.60 Å². The molecule has 0 saturated carbocycles. The van der Waals surface area contributed by atoms with Crippen LogP contribution in [-0.2, 0) is 24.9 Å². The van der Waals surface area contributed by atoms with Gasteiger partial charge in [-0.1, -0.05) is 11.8 Å². The molecule has 1 aliphatic rings. The van der Waals surface area contributed by atoms with Crippen LogP contribution in [-0.4, -0.2) is 49.5 Å². The molecule has 0 radical (unpaired) electrons. The van der Waals surface area contributed by atoms with Gasteiger partial charge >= 0.3 is 11.8 Å². The van der Waals surface area contributed by atoms with Crippen LogP contribution in [0.4, 0.5) is 10.7 Å². The van der Waals surface area contributed by atoms with Crippen LogP contribution in [0.25, 0.3) is 11.2 Å². The first-order chi connectivity index (χ1) is 16.1. The van der Waals surface area contributed by atoms with Crippen molar-refractivity contribution in [2.24, 2.45) is 7.05 Å². The summed E-state index contributed by atoms with van der Waals surface area (Å²) in [6.07, 6.45) is 1.15. The second kappa shape index (κ2) is 10.1. The molecular formula is C24H32N6O4. The molecule has 0 aliphatic carbocycles. The fraction of sp³-hybridized carbons (Fsp3) is 0.583. The third kappa shape index (κ3) is 5.28. The zero-order valence-corrected chi connectivity index (χ0v) is 20.7. The smallest absolute Gasteiger partial charge is 0.407 e. The summed E-state index contributed by atoms with van der Waals surface area (Å²) in [6.45, 7) is 10.3. The van der Waals surface area contributed by atoms with E-state index in [0.717, 1.165) is 17.4 Å². The largest absolute Gasteiger partial charge is 0.444 e. The molecule has 1 saturated heterocycles. The molecule has 0 spiro atoms. The number of rotatable bonds is 4. The van der Waals surface area contributed by atoms with Gasteiger partial charge in [0, 0.05) is 26.2 Å². The lowest BCUT2D eigenvalue weighted by Gasteiger charge is -2.34. The number of hydrogen-bond acceptors (Lipinski definition) is 6. The average molecular weight is 469 g/mol. The molecule has 2 aromatic rings. The second-order valence-electron chi connectivity index (χ2n) is 9.19. The summed E-state index contributed by atoms with van der Waals surface area (Å²) in [7, 11) is 1.59. The average Bonchev–Trinajstić information content (AvgIpc) is 3.15. The molecule has 1 atom stereocenters. The van der Waals surface area contributed by atoms with Crippen molar-refractivity contribution in [1.82, 2.24) is 24.0 Å². The molecule has 3 heterocycles. The van der Waals surface area contributed by atoms with Crippen molar-refractivity contribution in [2.45, 2.75) is 72.2 Å². The van der Waals surface area contributed by atoms with Crippen molar-refractivity contribution in [2.75, 3.05) is 18.0 Å². The summed E-state index contributed by atoms with van der Waals surface area (Å²) in [4.78, 5) is 45.1. The maximum atomic E-state index is 13.3. The van der Waals surface area contributed by atoms with Crippen LogP contribution >= 0.6 is 0 Å². The summed E-state index contributed by atoms with van der Waals surface area (Å²) in [5.41, 5.74) is -0.900. The zero-order valence-electron chi connectivity index (χ0n) is 20.7. The van der Waals surface area contributed by atoms with Gasteiger partial charge < -0.3 is 15.0 Å². The highest BCUT2D eigenvalue weighted by Crippen LogP contribution is 2.23. The van der Waals surface area contributed by atoms with Gasteiger partial charge in [-0.3, -0.25) is 13.9 Å². The van der Waals surface area contributed by atoms with Gasteiger partial charge in [-0.15, -0.1) is 11.8 Å². The van der Waals surface area contributed by atoms with E-state index < -0.39 is 22.9 Å². The predicted molar refractivity (Wildman–Crippen MR) is 131 cm³/mol. The van der Waals surface area contributed by atoms with Crippen LogP contribution in [0, 0.1) is 23.7 Å². The molecule has 0 unspecified atom stereocenters. The van der Waals surface area contributed by atoms with E-state index in [1.165, 1.54) is 4.57 Å². The molecular weight excluding hydrogens is 436 g/mol. The molecule has 10 heteroatoms. The first-order valence-corrected chi connectivity index (χ1v) is 11.3. The Bertz CT molecular complexity index is 1320. The molecule has 1 N–H and O–H groups in total. The lowest BCUT2D eigenvalue weighted by molar-refractivity contribution is 0.0500. The van der Waals surface area contributed by atoms with Gasteiger partial charge in [-0.05, 0) is 47.5 Å². The Morgan fingerprint density at radius 2 is 1.79 bits per heavy atom. The molecule has 34 heavy (non-hydrogen) atoms. The molecule has 182 valence electrons. The number of ether oxygens (including phenoxy) is 1. The topological polar surface area (TPSA) is 103 Å². The number of nitrogens with one attached hydrogen (secondary N) is 1. The van der Waals surface area contributed by atoms with Gasteiger partial charge in [-0.2, -0.15) is 4.98 Å². The minimum absolute atomic E-state index is 0.00349. The van der Waals surface area contributed by atoms with Crippen LogP contribution in [0.5, 0.6) is 0 Å². The van der Waals surface area contributed by atoms with Crippen molar-refractivity contribution in [3.8, 4) is 23.7 Å². The first kappa shape index (κ1) is 25.0. The molecule has 10 nitrogen and oxygen atoms in total. The van der Waals surface area contributed by atoms with Crippen LogP contribution in [0.1, 0.15) is 47.5 Å². The van der Waals surface area contributed by atoms with E-state index in [0.29, 0.717) is 30.2 Å². The quantitative estimate of drug-likeness (QED) is 0.681. The van der Waals surface area contributed by atoms with Crippen molar-refractivity contribution in [1.29, 1.82) is 0 Å². The highest BCUT2D eigenvalue weighted by atomic mass is 16.6. The number of aromatic nitrogens is 4. The Morgan fingerprint density at radius 3 is 2.41 bits per heavy atom. The molecule has 0 aromatic carbocycles. The number of fused-ring (bicyclic) bond motifs is 1. The maximum Gasteiger partial charge on any atom is 0.407 e. The number of piperidine rings is 1. The normalized spacial score (nSPS) is 15.8. The lowest BCUT2D eigenvalue weighted by Crippen LogP contribution is -2.49. The molecule has 1 amide bonds. The number of nitrogens with zero attached hydrogens (tertiary/aromatic N) is 5. The Labute approximate surface area is 198 Å². The number of aryl methyl sites for hydroxylation is 1. The Kier molecular flexibility index (Phi) is 7.41. The van der Waals surface area contributed by atoms with Gasteiger partial charge in [0.05, 0.1) is 13.1 Å². The number of alkyl carbamates (subject to hydrolysis) is 1. The summed E-state index contributed by atoms with van der Waals surface area (Å²) in [5, 5.41) is 2.93. The Balaban J connectivity index is 2.04. The second-order valence-corrected chi connectivity index (χ2v) is 9.19. The predicted octanol–water partition coefficient (Wildman–Crippen LogP) is 1.44. The Hall–Kier alpha value is -3.66. The minimum atomic E-state index is -0.585. The van der Waals surface area contributed by atoms with E-state index in [9.17, 15) is 14.4 Å². The number of carbonyl (C=O) groups is 1. The third-order valence-electron chi connectivity index (χ3n) is 5.47. The highest BCUT2D eigenvalue weighted by molar-refractivity contribution is 5.75. The van der Waals surface area contributed by atoms with Crippen molar-refractivity contribution in [3.05, 3.63) is 20.8 Å². The van der Waals surface area contributed by atoms with Gasteiger partial charge in [0.15, 0.2) is 11.2 Å². The lowest BCUT2D eigenvalue weighted by atomic mass is 10.1. The number of hydrogen-bond donors (Lipinski definition) is 1. The van der Waals surface area contributed by atoms with E-state index in [2.05, 4.69) is 29.0 Å². The minimum Gasteiger partial charge on any atom is -0.444 e. The zero-order chi connectivity index (χ0) is 25.0. The summed E-state index contributed by atoms with van der Waals surface area (Å²) in [5.74, 6) is 11.9. The van der Waals surface area contributed by atoms with Gasteiger partial charge in [0.25, 0.3) is 5.56 Å². The standard InChI is InChI=1S/C24H32N6O4/c1-7-9-14-29-18-19(27(6)23(33)30(20(18)31)15-10-8-2)26-21(29)28-13-11-12-17(16-28)25-22(32)34-24(3,4)5/h17H,11-16H2,1-6H3,(H,25,32)/t17-/m1/s1. The number of imidazole rings is 1. The number of carbonyl (C=O) groups excluding carboxylic acids is 1. The van der Waals surface area contributed by atoms with Gasteiger partial charge in [-0.25, -0.2) is 14.2 Å². The third-order valence-corrected chi connectivity index (χ3v) is 5.47. The highest BCUT2D eigenvalue weighted by Gasteiger charge is 2.29. The van der Waals surface area contributed by atoms with E-state index in [4.69, 9.17) is 9.72 Å². The molecule has 0 bridgehead atoms. The van der Waals surface area contributed by atoms with E-state index in [1.807, 2.05) is 25.7 Å². The van der Waals surface area contributed by atoms with Gasteiger partial charge in [0.2, 0.25) is 5.95 Å². The van der Waals surface area contributed by atoms with Crippen LogP contribution in [0.15, 0.2) is 9.59 Å². The molecule has 3 rings (SSSR count). The molecule has 2 aromatic heterocycles. The first-order valence-electron chi connectivity index (χ1n) is 11.3. The molecule has 1 fully saturated rings. The van der Waals surface area contributed by atoms with Crippen molar-refractivity contribution in [3.63, 3.8) is 0 Å². The van der Waals surface area contributed by atoms with Crippen LogP contribution in [0.2, 0.25) is 0 Å². The molecule has 1 aliphatic heterocycles. The van der Waals surface area contributed by atoms with E-state index in [-0.39, 0.29) is 19.1 Å². The number of anilines is 1.